The van der Waals surface area contributed by atoms with E-state index in [2.05, 4.69) is 22.5 Å². The topological polar surface area (TPSA) is 44.4 Å². The lowest BCUT2D eigenvalue weighted by Crippen LogP contribution is -2.44. The Labute approximate surface area is 124 Å². The quantitative estimate of drug-likeness (QED) is 0.894. The number of amides is 1. The first-order valence-electron chi connectivity index (χ1n) is 7.73. The molecule has 0 saturated carbocycles. The number of piperidine rings is 1. The third kappa shape index (κ3) is 3.09. The maximum absolute atomic E-state index is 13.4. The molecule has 2 N–H and O–H groups in total. The molecule has 114 valence electrons. The predicted octanol–water partition coefficient (Wildman–Crippen LogP) is 2.28. The summed E-state index contributed by atoms with van der Waals surface area (Å²) in [6, 6.07) is 4.38. The van der Waals surface area contributed by atoms with Gasteiger partial charge in [-0.15, -0.1) is 0 Å². The second kappa shape index (κ2) is 6.12. The summed E-state index contributed by atoms with van der Waals surface area (Å²) in [5.74, 6) is -0.400. The molecule has 1 aromatic rings. The van der Waals surface area contributed by atoms with Crippen LogP contribution in [-0.4, -0.2) is 36.5 Å². The van der Waals surface area contributed by atoms with Crippen molar-refractivity contribution in [3.63, 3.8) is 0 Å². The Kier molecular flexibility index (Phi) is 4.22. The molecule has 0 radical (unpaired) electrons. The van der Waals surface area contributed by atoms with Crippen LogP contribution < -0.4 is 10.6 Å². The highest BCUT2D eigenvalue weighted by molar-refractivity contribution is 6.02. The molecule has 2 unspecified atom stereocenters. The standard InChI is InChI=1S/C16H22FN3O/c1-11(20-7-3-2-4-8-20)10-18-15-13-9-12(17)5-6-14(13)19-16(15)21/h5-6,9,11,15,18H,2-4,7-8,10H2,1H3,(H,19,21). The van der Waals surface area contributed by atoms with Gasteiger partial charge < -0.3 is 10.6 Å². The number of rotatable bonds is 4. The lowest BCUT2D eigenvalue weighted by atomic mass is 10.1. The van der Waals surface area contributed by atoms with Gasteiger partial charge in [-0.3, -0.25) is 9.69 Å². The zero-order chi connectivity index (χ0) is 14.8. The van der Waals surface area contributed by atoms with E-state index in [-0.39, 0.29) is 11.7 Å². The third-order valence-corrected chi connectivity index (χ3v) is 4.48. The van der Waals surface area contributed by atoms with Crippen molar-refractivity contribution in [1.29, 1.82) is 0 Å². The average Bonchev–Trinajstić information content (AvgIpc) is 2.80. The number of anilines is 1. The highest BCUT2D eigenvalue weighted by Crippen LogP contribution is 2.31. The molecule has 1 saturated heterocycles. The fourth-order valence-corrected chi connectivity index (χ4v) is 3.21. The van der Waals surface area contributed by atoms with Gasteiger partial charge in [-0.2, -0.15) is 0 Å². The number of likely N-dealkylation sites (tertiary alicyclic amines) is 1. The largest absolute Gasteiger partial charge is 0.324 e. The highest BCUT2D eigenvalue weighted by atomic mass is 19.1. The van der Waals surface area contributed by atoms with Crippen LogP contribution in [0.5, 0.6) is 0 Å². The Morgan fingerprint density at radius 3 is 2.90 bits per heavy atom. The normalized spacial score (nSPS) is 23.7. The van der Waals surface area contributed by atoms with Crippen molar-refractivity contribution >= 4 is 11.6 Å². The van der Waals surface area contributed by atoms with Crippen LogP contribution in [0.1, 0.15) is 37.8 Å². The van der Waals surface area contributed by atoms with E-state index in [1.807, 2.05) is 0 Å². The molecule has 3 rings (SSSR count). The summed E-state index contributed by atoms with van der Waals surface area (Å²) in [5, 5.41) is 6.09. The second-order valence-corrected chi connectivity index (χ2v) is 6.01. The van der Waals surface area contributed by atoms with Crippen LogP contribution in [-0.2, 0) is 4.79 Å². The maximum Gasteiger partial charge on any atom is 0.246 e. The van der Waals surface area contributed by atoms with E-state index in [9.17, 15) is 9.18 Å². The smallest absolute Gasteiger partial charge is 0.246 e. The zero-order valence-corrected chi connectivity index (χ0v) is 12.4. The Morgan fingerprint density at radius 1 is 1.38 bits per heavy atom. The van der Waals surface area contributed by atoms with E-state index < -0.39 is 6.04 Å². The van der Waals surface area contributed by atoms with Crippen LogP contribution in [0.2, 0.25) is 0 Å². The van der Waals surface area contributed by atoms with Crippen molar-refractivity contribution < 1.29 is 9.18 Å². The SMILES string of the molecule is CC(CNC1C(=O)Nc2ccc(F)cc21)N1CCCCC1. The molecule has 21 heavy (non-hydrogen) atoms. The van der Waals surface area contributed by atoms with Crippen molar-refractivity contribution in [2.75, 3.05) is 25.0 Å². The van der Waals surface area contributed by atoms with Crippen molar-refractivity contribution in [3.8, 4) is 0 Å². The molecule has 1 aromatic carbocycles. The second-order valence-electron chi connectivity index (χ2n) is 6.01. The Balaban J connectivity index is 1.63. The Bertz CT molecular complexity index is 528. The van der Waals surface area contributed by atoms with Gasteiger partial charge in [-0.1, -0.05) is 6.42 Å². The number of hydrogen-bond donors (Lipinski definition) is 2. The summed E-state index contributed by atoms with van der Waals surface area (Å²) in [5.41, 5.74) is 1.43. The first kappa shape index (κ1) is 14.5. The van der Waals surface area contributed by atoms with E-state index in [1.54, 1.807) is 6.07 Å². The molecule has 4 nitrogen and oxygen atoms in total. The maximum atomic E-state index is 13.4. The van der Waals surface area contributed by atoms with E-state index in [0.29, 0.717) is 17.3 Å². The number of nitrogens with zero attached hydrogens (tertiary/aromatic N) is 1. The fourth-order valence-electron chi connectivity index (χ4n) is 3.21. The average molecular weight is 291 g/mol. The molecular formula is C16H22FN3O. The summed E-state index contributed by atoms with van der Waals surface area (Å²) in [4.78, 5) is 14.5. The molecule has 5 heteroatoms. The minimum atomic E-state index is -0.442. The minimum Gasteiger partial charge on any atom is -0.324 e. The van der Waals surface area contributed by atoms with E-state index in [0.717, 1.165) is 19.6 Å². The van der Waals surface area contributed by atoms with Crippen LogP contribution in [0.4, 0.5) is 10.1 Å². The van der Waals surface area contributed by atoms with Crippen LogP contribution in [0.25, 0.3) is 0 Å². The van der Waals surface area contributed by atoms with Gasteiger partial charge in [0.2, 0.25) is 5.91 Å². The van der Waals surface area contributed by atoms with Crippen LogP contribution >= 0.6 is 0 Å². The molecule has 2 aliphatic heterocycles. The highest BCUT2D eigenvalue weighted by Gasteiger charge is 2.31. The summed E-state index contributed by atoms with van der Waals surface area (Å²) < 4.78 is 13.4. The molecule has 0 aromatic heterocycles. The molecule has 1 amide bonds. The van der Waals surface area contributed by atoms with Gasteiger partial charge in [0.25, 0.3) is 0 Å². The molecular weight excluding hydrogens is 269 g/mol. The Hall–Kier alpha value is -1.46. The van der Waals surface area contributed by atoms with E-state index >= 15 is 0 Å². The number of benzene rings is 1. The number of nitrogens with one attached hydrogen (secondary N) is 2. The molecule has 0 aliphatic carbocycles. The summed E-state index contributed by atoms with van der Waals surface area (Å²) in [6.45, 7) is 5.17. The lowest BCUT2D eigenvalue weighted by molar-refractivity contribution is -0.117. The number of carbonyl (C=O) groups excluding carboxylic acids is 1. The predicted molar refractivity (Wildman–Crippen MR) is 80.7 cm³/mol. The molecule has 0 spiro atoms. The molecule has 1 fully saturated rings. The van der Waals surface area contributed by atoms with Crippen LogP contribution in [0.15, 0.2) is 18.2 Å². The van der Waals surface area contributed by atoms with Crippen LogP contribution in [0, 0.1) is 5.82 Å². The lowest BCUT2D eigenvalue weighted by Gasteiger charge is -2.33. The van der Waals surface area contributed by atoms with Gasteiger partial charge in [0.1, 0.15) is 11.9 Å². The third-order valence-electron chi connectivity index (χ3n) is 4.48. The van der Waals surface area contributed by atoms with Crippen molar-refractivity contribution in [1.82, 2.24) is 10.2 Å². The zero-order valence-electron chi connectivity index (χ0n) is 12.4. The Morgan fingerprint density at radius 2 is 2.14 bits per heavy atom. The van der Waals surface area contributed by atoms with Gasteiger partial charge in [0.15, 0.2) is 0 Å². The van der Waals surface area contributed by atoms with Crippen molar-refractivity contribution in [2.24, 2.45) is 0 Å². The summed E-state index contributed by atoms with van der Waals surface area (Å²) in [7, 11) is 0. The molecule has 2 aliphatic rings. The molecule has 0 bridgehead atoms. The van der Waals surface area contributed by atoms with Crippen molar-refractivity contribution in [3.05, 3.63) is 29.6 Å². The van der Waals surface area contributed by atoms with Gasteiger partial charge in [0, 0.05) is 23.8 Å². The molecule has 2 atom stereocenters. The monoisotopic (exact) mass is 291 g/mol. The van der Waals surface area contributed by atoms with Crippen LogP contribution in [0.3, 0.4) is 0 Å². The van der Waals surface area contributed by atoms with E-state index in [1.165, 1.54) is 31.4 Å². The first-order valence-corrected chi connectivity index (χ1v) is 7.73. The number of hydrogen-bond acceptors (Lipinski definition) is 3. The molecule has 2 heterocycles. The van der Waals surface area contributed by atoms with E-state index in [4.69, 9.17) is 0 Å². The first-order chi connectivity index (χ1) is 10.1. The van der Waals surface area contributed by atoms with Crippen molar-refractivity contribution in [2.45, 2.75) is 38.3 Å². The van der Waals surface area contributed by atoms with Gasteiger partial charge in [0.05, 0.1) is 0 Å². The number of carbonyl (C=O) groups is 1. The summed E-state index contributed by atoms with van der Waals surface area (Å²) >= 11 is 0. The minimum absolute atomic E-state index is 0.0959. The number of halogens is 1. The number of fused-ring (bicyclic) bond motifs is 1. The van der Waals surface area contributed by atoms with Gasteiger partial charge in [-0.25, -0.2) is 4.39 Å². The fraction of sp³-hybridized carbons (Fsp3) is 0.562. The van der Waals surface area contributed by atoms with Gasteiger partial charge in [-0.05, 0) is 51.1 Å². The summed E-state index contributed by atoms with van der Waals surface area (Å²) in [6.07, 6.45) is 3.82. The van der Waals surface area contributed by atoms with Gasteiger partial charge >= 0.3 is 0 Å².